The third-order valence-corrected chi connectivity index (χ3v) is 9.58. The second-order valence-corrected chi connectivity index (χ2v) is 13.3. The summed E-state index contributed by atoms with van der Waals surface area (Å²) < 4.78 is 2.69. The summed E-state index contributed by atoms with van der Waals surface area (Å²) in [6, 6.07) is 31.0. The SMILES string of the molecule is O=C1C[C@H]([C@]2(Cc3ccc(Br)cc3)C(=O)N(Cc3ccccc3)c3cc(Br)ccc32)C(=O)N1Cc1ccc(Br)cc1. The van der Waals surface area contributed by atoms with E-state index in [0.717, 1.165) is 41.4 Å². The Balaban J connectivity index is 1.46. The maximum Gasteiger partial charge on any atom is 0.239 e. The van der Waals surface area contributed by atoms with Gasteiger partial charge >= 0.3 is 0 Å². The van der Waals surface area contributed by atoms with Crippen LogP contribution < -0.4 is 4.90 Å². The van der Waals surface area contributed by atoms with Crippen LogP contribution in [0.15, 0.2) is 110 Å². The van der Waals surface area contributed by atoms with Crippen molar-refractivity contribution in [3.63, 3.8) is 0 Å². The lowest BCUT2D eigenvalue weighted by atomic mass is 9.66. The van der Waals surface area contributed by atoms with E-state index in [-0.39, 0.29) is 30.7 Å². The number of hydrogen-bond acceptors (Lipinski definition) is 3. The number of amides is 3. The summed E-state index contributed by atoms with van der Waals surface area (Å²) in [6.07, 6.45) is 0.279. The molecule has 2 heterocycles. The van der Waals surface area contributed by atoms with Crippen LogP contribution in [0, 0.1) is 5.92 Å². The highest BCUT2D eigenvalue weighted by Gasteiger charge is 2.61. The van der Waals surface area contributed by atoms with Crippen LogP contribution in [-0.2, 0) is 39.3 Å². The number of anilines is 1. The summed E-state index contributed by atoms with van der Waals surface area (Å²) in [4.78, 5) is 45.6. The maximum atomic E-state index is 14.8. The van der Waals surface area contributed by atoms with Gasteiger partial charge in [-0.25, -0.2) is 0 Å². The maximum absolute atomic E-state index is 14.8. The van der Waals surface area contributed by atoms with E-state index in [1.807, 2.05) is 97.1 Å². The van der Waals surface area contributed by atoms with Gasteiger partial charge in [-0.2, -0.15) is 0 Å². The topological polar surface area (TPSA) is 57.7 Å². The Morgan fingerprint density at radius 3 is 1.88 bits per heavy atom. The summed E-state index contributed by atoms with van der Waals surface area (Å²) >= 11 is 10.5. The molecule has 0 aliphatic carbocycles. The van der Waals surface area contributed by atoms with E-state index in [2.05, 4.69) is 47.8 Å². The van der Waals surface area contributed by atoms with E-state index in [0.29, 0.717) is 13.0 Å². The first-order chi connectivity index (χ1) is 19.8. The molecule has 6 rings (SSSR count). The van der Waals surface area contributed by atoms with Gasteiger partial charge in [0.15, 0.2) is 0 Å². The molecule has 5 nitrogen and oxygen atoms in total. The van der Waals surface area contributed by atoms with Crippen molar-refractivity contribution in [3.05, 3.63) is 133 Å². The van der Waals surface area contributed by atoms with Gasteiger partial charge in [-0.05, 0) is 65.1 Å². The highest BCUT2D eigenvalue weighted by molar-refractivity contribution is 9.11. The number of nitrogens with zero attached hydrogens (tertiary/aromatic N) is 2. The fourth-order valence-corrected chi connectivity index (χ4v) is 6.93. The molecule has 4 aromatic carbocycles. The molecule has 2 aliphatic heterocycles. The number of likely N-dealkylation sites (tertiary alicyclic amines) is 1. The summed E-state index contributed by atoms with van der Waals surface area (Å²) in [5.41, 5.74) is 3.06. The molecule has 3 amide bonds. The molecule has 0 N–H and O–H groups in total. The number of imide groups is 1. The van der Waals surface area contributed by atoms with Gasteiger partial charge in [-0.1, -0.05) is 108 Å². The predicted octanol–water partition coefficient (Wildman–Crippen LogP) is 7.58. The van der Waals surface area contributed by atoms with Crippen molar-refractivity contribution in [3.8, 4) is 0 Å². The smallest absolute Gasteiger partial charge is 0.239 e. The Labute approximate surface area is 263 Å². The Morgan fingerprint density at radius 2 is 1.22 bits per heavy atom. The molecule has 2 aliphatic rings. The minimum Gasteiger partial charge on any atom is -0.307 e. The number of carbonyl (C=O) groups is 3. The third-order valence-electron chi connectivity index (χ3n) is 8.03. The van der Waals surface area contributed by atoms with E-state index in [1.54, 1.807) is 4.90 Å². The zero-order valence-corrected chi connectivity index (χ0v) is 26.7. The fourth-order valence-electron chi connectivity index (χ4n) is 6.06. The van der Waals surface area contributed by atoms with Gasteiger partial charge in [0.2, 0.25) is 17.7 Å². The highest BCUT2D eigenvalue weighted by Crippen LogP contribution is 2.52. The third kappa shape index (κ3) is 5.22. The quantitative estimate of drug-likeness (QED) is 0.184. The molecule has 0 aromatic heterocycles. The zero-order chi connectivity index (χ0) is 28.7. The molecule has 4 aromatic rings. The highest BCUT2D eigenvalue weighted by atomic mass is 79.9. The normalized spacial score (nSPS) is 20.2. The van der Waals surface area contributed by atoms with Crippen LogP contribution in [0.5, 0.6) is 0 Å². The van der Waals surface area contributed by atoms with Crippen molar-refractivity contribution in [2.24, 2.45) is 5.92 Å². The first-order valence-electron chi connectivity index (χ1n) is 13.3. The van der Waals surface area contributed by atoms with Gasteiger partial charge in [-0.15, -0.1) is 0 Å². The zero-order valence-electron chi connectivity index (χ0n) is 21.9. The van der Waals surface area contributed by atoms with Crippen molar-refractivity contribution in [2.75, 3.05) is 4.90 Å². The van der Waals surface area contributed by atoms with Crippen LogP contribution in [0.3, 0.4) is 0 Å². The number of rotatable bonds is 7. The van der Waals surface area contributed by atoms with E-state index >= 15 is 0 Å². The van der Waals surface area contributed by atoms with Gasteiger partial charge in [-0.3, -0.25) is 19.3 Å². The molecular weight excluding hydrogens is 712 g/mol. The van der Waals surface area contributed by atoms with Gasteiger partial charge in [0.1, 0.15) is 0 Å². The molecule has 0 saturated carbocycles. The van der Waals surface area contributed by atoms with Gasteiger partial charge < -0.3 is 4.90 Å². The minimum atomic E-state index is -1.24. The first kappa shape index (κ1) is 28.1. The monoisotopic (exact) mass is 734 g/mol. The fraction of sp³-hybridized carbons (Fsp3) is 0.182. The summed E-state index contributed by atoms with van der Waals surface area (Å²) in [5, 5.41) is 0. The van der Waals surface area contributed by atoms with E-state index in [9.17, 15) is 14.4 Å². The lowest BCUT2D eigenvalue weighted by Gasteiger charge is -2.33. The van der Waals surface area contributed by atoms with Crippen LogP contribution in [0.2, 0.25) is 0 Å². The number of hydrogen-bond donors (Lipinski definition) is 0. The average Bonchev–Trinajstić information content (AvgIpc) is 3.37. The van der Waals surface area contributed by atoms with Crippen LogP contribution >= 0.6 is 47.8 Å². The molecule has 1 fully saturated rings. The molecule has 8 heteroatoms. The largest absolute Gasteiger partial charge is 0.307 e. The lowest BCUT2D eigenvalue weighted by Crippen LogP contribution is -2.49. The van der Waals surface area contributed by atoms with Crippen LogP contribution in [0.25, 0.3) is 0 Å². The van der Waals surface area contributed by atoms with Crippen molar-refractivity contribution >= 4 is 71.2 Å². The molecule has 1 saturated heterocycles. The van der Waals surface area contributed by atoms with Gasteiger partial charge in [0.25, 0.3) is 0 Å². The number of benzene rings is 4. The first-order valence-corrected chi connectivity index (χ1v) is 15.6. The Kier molecular flexibility index (Phi) is 7.74. The van der Waals surface area contributed by atoms with E-state index in [1.165, 1.54) is 4.90 Å². The predicted molar refractivity (Wildman–Crippen MR) is 169 cm³/mol. The molecular formula is C33H25Br3N2O3. The molecule has 206 valence electrons. The molecule has 0 unspecified atom stereocenters. The second-order valence-electron chi connectivity index (χ2n) is 10.5. The van der Waals surface area contributed by atoms with Crippen LogP contribution in [-0.4, -0.2) is 22.6 Å². The molecule has 0 spiro atoms. The summed E-state index contributed by atoms with van der Waals surface area (Å²) in [6.45, 7) is 0.535. The number of carbonyl (C=O) groups excluding carboxylic acids is 3. The van der Waals surface area contributed by atoms with E-state index in [4.69, 9.17) is 0 Å². The minimum absolute atomic E-state index is 0.0215. The van der Waals surface area contributed by atoms with Crippen molar-refractivity contribution in [2.45, 2.75) is 31.3 Å². The number of halogens is 3. The Bertz CT molecular complexity index is 1640. The van der Waals surface area contributed by atoms with Gasteiger partial charge in [0.05, 0.1) is 24.4 Å². The van der Waals surface area contributed by atoms with Crippen molar-refractivity contribution in [1.82, 2.24) is 4.90 Å². The van der Waals surface area contributed by atoms with Crippen LogP contribution in [0.1, 0.15) is 28.7 Å². The molecule has 41 heavy (non-hydrogen) atoms. The summed E-state index contributed by atoms with van der Waals surface area (Å²) in [7, 11) is 0. The Morgan fingerprint density at radius 1 is 0.659 bits per heavy atom. The lowest BCUT2D eigenvalue weighted by molar-refractivity contribution is -0.142. The van der Waals surface area contributed by atoms with Crippen LogP contribution in [0.4, 0.5) is 5.69 Å². The molecule has 2 atom stereocenters. The second kappa shape index (κ2) is 11.3. The van der Waals surface area contributed by atoms with E-state index < -0.39 is 11.3 Å². The standard InChI is InChI=1S/C33H25Br3N2O3/c34-24-10-6-21(7-11-24)18-33(28-17-30(39)38(31(28)40)20-23-8-12-25(35)13-9-23)27-15-14-26(36)16-29(27)37(32(33)41)19-22-4-2-1-3-5-22/h1-16,28H,17-20H2/t28-,33+/m0/s1. The summed E-state index contributed by atoms with van der Waals surface area (Å²) in [5.74, 6) is -1.55. The Hall–Kier alpha value is -3.07. The molecule has 0 radical (unpaired) electrons. The molecule has 0 bridgehead atoms. The van der Waals surface area contributed by atoms with Crippen molar-refractivity contribution < 1.29 is 14.4 Å². The van der Waals surface area contributed by atoms with Crippen molar-refractivity contribution in [1.29, 1.82) is 0 Å². The number of fused-ring (bicyclic) bond motifs is 1. The average molecular weight is 737 g/mol. The van der Waals surface area contributed by atoms with Gasteiger partial charge in [0, 0.05) is 25.5 Å².